The number of amides is 1. The molecule has 1 amide bonds. The third-order valence-corrected chi connectivity index (χ3v) is 1.97. The predicted molar refractivity (Wildman–Crippen MR) is 44.1 cm³/mol. The fourth-order valence-corrected chi connectivity index (χ4v) is 0.809. The smallest absolute Gasteiger partial charge is 0.225 e. The second-order valence-corrected chi connectivity index (χ2v) is 3.18. The average molecular weight is 159 g/mol. The summed E-state index contributed by atoms with van der Waals surface area (Å²) >= 11 is 0. The maximum Gasteiger partial charge on any atom is 0.225 e. The van der Waals surface area contributed by atoms with Crippen LogP contribution in [0.4, 0.5) is 0 Å². The molecule has 0 unspecified atom stereocenters. The molecule has 0 aromatic heterocycles. The van der Waals surface area contributed by atoms with Crippen molar-refractivity contribution in [3.8, 4) is 0 Å². The van der Waals surface area contributed by atoms with Crippen LogP contribution < -0.4 is 0 Å². The van der Waals surface area contributed by atoms with Crippen LogP contribution in [-0.2, 0) is 4.79 Å². The third kappa shape index (κ3) is 2.89. The summed E-state index contributed by atoms with van der Waals surface area (Å²) in [5, 5.41) is 8.77. The number of carbonyl (C=O) groups excluding carboxylic acids is 1. The molecule has 2 atom stereocenters. The molecule has 0 aromatic carbocycles. The van der Waals surface area contributed by atoms with E-state index in [9.17, 15) is 4.79 Å². The van der Waals surface area contributed by atoms with Gasteiger partial charge < -0.3 is 10.0 Å². The van der Waals surface area contributed by atoms with Crippen molar-refractivity contribution in [1.29, 1.82) is 0 Å². The molecule has 0 radical (unpaired) electrons. The molecule has 0 spiro atoms. The fraction of sp³-hybridized carbons (Fsp3) is 0.875. The number of rotatable bonds is 3. The van der Waals surface area contributed by atoms with Crippen LogP contribution in [0.15, 0.2) is 0 Å². The van der Waals surface area contributed by atoms with Crippen LogP contribution in [0.25, 0.3) is 0 Å². The highest BCUT2D eigenvalue weighted by molar-refractivity contribution is 5.78. The zero-order valence-corrected chi connectivity index (χ0v) is 7.66. The Morgan fingerprint density at radius 3 is 2.18 bits per heavy atom. The first-order valence-electron chi connectivity index (χ1n) is 3.82. The summed E-state index contributed by atoms with van der Waals surface area (Å²) in [5.41, 5.74) is 0. The Hall–Kier alpha value is -0.570. The number of hydrogen-bond acceptors (Lipinski definition) is 2. The van der Waals surface area contributed by atoms with Crippen molar-refractivity contribution in [2.75, 3.05) is 20.7 Å². The molecule has 66 valence electrons. The van der Waals surface area contributed by atoms with E-state index in [0.29, 0.717) is 0 Å². The first kappa shape index (κ1) is 10.4. The molecule has 0 aliphatic heterocycles. The minimum Gasteiger partial charge on any atom is -0.396 e. The number of carbonyl (C=O) groups is 1. The molecule has 0 aromatic rings. The molecule has 0 aliphatic carbocycles. The third-order valence-electron chi connectivity index (χ3n) is 1.97. The fourth-order valence-electron chi connectivity index (χ4n) is 0.809. The van der Waals surface area contributed by atoms with Crippen LogP contribution in [0.2, 0.25) is 0 Å². The highest BCUT2D eigenvalue weighted by Gasteiger charge is 2.20. The van der Waals surface area contributed by atoms with E-state index in [1.165, 1.54) is 0 Å². The van der Waals surface area contributed by atoms with Crippen LogP contribution in [0.3, 0.4) is 0 Å². The lowest BCUT2D eigenvalue weighted by Crippen LogP contribution is -2.32. The summed E-state index contributed by atoms with van der Waals surface area (Å²) in [4.78, 5) is 12.8. The minimum atomic E-state index is -0.0880. The van der Waals surface area contributed by atoms with E-state index in [0.717, 1.165) is 0 Å². The average Bonchev–Trinajstić information content (AvgIpc) is 2.00. The predicted octanol–water partition coefficient (Wildman–Crippen LogP) is 0.339. The summed E-state index contributed by atoms with van der Waals surface area (Å²) in [6.07, 6.45) is 0. The molecule has 0 heterocycles. The number of aliphatic hydroxyl groups is 1. The van der Waals surface area contributed by atoms with Gasteiger partial charge >= 0.3 is 0 Å². The Labute approximate surface area is 68.0 Å². The standard InChI is InChI=1S/C8H17NO2/c1-6(5-10)7(2)8(11)9(3)4/h6-7,10H,5H2,1-4H3/t6-,7-/m0/s1. The molecule has 0 bridgehead atoms. The molecule has 11 heavy (non-hydrogen) atoms. The van der Waals surface area contributed by atoms with Gasteiger partial charge in [-0.2, -0.15) is 0 Å². The van der Waals surface area contributed by atoms with Gasteiger partial charge in [0.05, 0.1) is 0 Å². The van der Waals surface area contributed by atoms with Gasteiger partial charge in [0, 0.05) is 26.6 Å². The molecule has 1 N–H and O–H groups in total. The van der Waals surface area contributed by atoms with Crippen molar-refractivity contribution in [3.05, 3.63) is 0 Å². The Balaban J connectivity index is 4.02. The van der Waals surface area contributed by atoms with Crippen LogP contribution in [0.1, 0.15) is 13.8 Å². The van der Waals surface area contributed by atoms with E-state index >= 15 is 0 Å². The maximum atomic E-state index is 11.3. The molecular formula is C8H17NO2. The summed E-state index contributed by atoms with van der Waals surface area (Å²) in [5.74, 6) is 0.0337. The first-order valence-corrected chi connectivity index (χ1v) is 3.82. The van der Waals surface area contributed by atoms with Crippen molar-refractivity contribution in [2.24, 2.45) is 11.8 Å². The maximum absolute atomic E-state index is 11.3. The van der Waals surface area contributed by atoms with Gasteiger partial charge in [0.2, 0.25) is 5.91 Å². The lowest BCUT2D eigenvalue weighted by molar-refractivity contribution is -0.134. The Morgan fingerprint density at radius 2 is 1.91 bits per heavy atom. The topological polar surface area (TPSA) is 40.5 Å². The molecule has 0 aliphatic rings. The van der Waals surface area contributed by atoms with Gasteiger partial charge in [-0.3, -0.25) is 4.79 Å². The van der Waals surface area contributed by atoms with E-state index in [-0.39, 0.29) is 24.3 Å². The summed E-state index contributed by atoms with van der Waals surface area (Å²) < 4.78 is 0. The van der Waals surface area contributed by atoms with Crippen LogP contribution in [-0.4, -0.2) is 36.6 Å². The monoisotopic (exact) mass is 159 g/mol. The Kier molecular flexibility index (Phi) is 4.11. The highest BCUT2D eigenvalue weighted by Crippen LogP contribution is 2.11. The minimum absolute atomic E-state index is 0.0462. The Bertz CT molecular complexity index is 134. The Morgan fingerprint density at radius 1 is 1.45 bits per heavy atom. The van der Waals surface area contributed by atoms with Crippen LogP contribution in [0.5, 0.6) is 0 Å². The number of hydrogen-bond donors (Lipinski definition) is 1. The van der Waals surface area contributed by atoms with Gasteiger partial charge in [-0.25, -0.2) is 0 Å². The zero-order chi connectivity index (χ0) is 9.02. The highest BCUT2D eigenvalue weighted by atomic mass is 16.3. The molecule has 3 heteroatoms. The molecule has 3 nitrogen and oxygen atoms in total. The quantitative estimate of drug-likeness (QED) is 0.645. The van der Waals surface area contributed by atoms with E-state index in [1.54, 1.807) is 19.0 Å². The van der Waals surface area contributed by atoms with Crippen molar-refractivity contribution >= 4 is 5.91 Å². The van der Waals surface area contributed by atoms with E-state index < -0.39 is 0 Å². The van der Waals surface area contributed by atoms with Crippen LogP contribution >= 0.6 is 0 Å². The van der Waals surface area contributed by atoms with Gasteiger partial charge in [0.1, 0.15) is 0 Å². The largest absolute Gasteiger partial charge is 0.396 e. The summed E-state index contributed by atoms with van der Waals surface area (Å²) in [6, 6.07) is 0. The molecule has 0 saturated heterocycles. The van der Waals surface area contributed by atoms with Gasteiger partial charge in [-0.05, 0) is 5.92 Å². The van der Waals surface area contributed by atoms with Gasteiger partial charge in [-0.1, -0.05) is 13.8 Å². The van der Waals surface area contributed by atoms with E-state index in [2.05, 4.69) is 0 Å². The summed E-state index contributed by atoms with van der Waals surface area (Å²) in [7, 11) is 3.45. The van der Waals surface area contributed by atoms with Crippen molar-refractivity contribution in [2.45, 2.75) is 13.8 Å². The molecule has 0 fully saturated rings. The lowest BCUT2D eigenvalue weighted by atomic mass is 9.96. The lowest BCUT2D eigenvalue weighted by Gasteiger charge is -2.20. The second kappa shape index (κ2) is 4.34. The molecular weight excluding hydrogens is 142 g/mol. The molecule has 0 rings (SSSR count). The normalized spacial score (nSPS) is 15.7. The van der Waals surface area contributed by atoms with Gasteiger partial charge in [0.25, 0.3) is 0 Å². The van der Waals surface area contributed by atoms with E-state index in [1.807, 2.05) is 13.8 Å². The van der Waals surface area contributed by atoms with Gasteiger partial charge in [-0.15, -0.1) is 0 Å². The van der Waals surface area contributed by atoms with E-state index in [4.69, 9.17) is 5.11 Å². The van der Waals surface area contributed by atoms with Gasteiger partial charge in [0.15, 0.2) is 0 Å². The molecule has 0 saturated carbocycles. The zero-order valence-electron chi connectivity index (χ0n) is 7.66. The first-order chi connectivity index (χ1) is 5.00. The number of nitrogens with zero attached hydrogens (tertiary/aromatic N) is 1. The number of aliphatic hydroxyl groups excluding tert-OH is 1. The van der Waals surface area contributed by atoms with Crippen LogP contribution in [0, 0.1) is 11.8 Å². The SMILES string of the molecule is C[C@H](C(=O)N(C)C)[C@@H](C)CO. The van der Waals surface area contributed by atoms with Crippen molar-refractivity contribution < 1.29 is 9.90 Å². The second-order valence-electron chi connectivity index (χ2n) is 3.18. The van der Waals surface area contributed by atoms with Crippen molar-refractivity contribution in [3.63, 3.8) is 0 Å². The van der Waals surface area contributed by atoms with Crippen molar-refractivity contribution in [1.82, 2.24) is 4.90 Å². The summed E-state index contributed by atoms with van der Waals surface area (Å²) in [6.45, 7) is 3.77.